The first kappa shape index (κ1) is 15.7. The Hall–Kier alpha value is -0.160. The third-order valence-electron chi connectivity index (χ3n) is 5.84. The van der Waals surface area contributed by atoms with Crippen LogP contribution in [0.1, 0.15) is 44.9 Å². The summed E-state index contributed by atoms with van der Waals surface area (Å²) in [6.07, 6.45) is 8.68. The molecule has 3 aliphatic heterocycles. The highest BCUT2D eigenvalue weighted by atomic mass is 16.5. The van der Waals surface area contributed by atoms with E-state index in [2.05, 4.69) is 17.3 Å². The van der Waals surface area contributed by atoms with Crippen LogP contribution in [0.3, 0.4) is 0 Å². The Morgan fingerprint density at radius 1 is 1.10 bits per heavy atom. The van der Waals surface area contributed by atoms with E-state index in [0.717, 1.165) is 38.6 Å². The largest absolute Gasteiger partial charge is 0.381 e. The molecule has 4 heteroatoms. The molecule has 21 heavy (non-hydrogen) atoms. The van der Waals surface area contributed by atoms with Gasteiger partial charge in [0, 0.05) is 25.9 Å². The third kappa shape index (κ3) is 4.19. The molecular weight excluding hydrogens is 264 g/mol. The summed E-state index contributed by atoms with van der Waals surface area (Å²) in [4.78, 5) is 2.61. The van der Waals surface area contributed by atoms with Crippen LogP contribution in [0.5, 0.6) is 0 Å². The zero-order chi connectivity index (χ0) is 14.5. The van der Waals surface area contributed by atoms with Crippen LogP contribution in [-0.4, -0.2) is 63.0 Å². The predicted octanol–water partition coefficient (Wildman–Crippen LogP) is 2.04. The average molecular weight is 296 g/mol. The van der Waals surface area contributed by atoms with Crippen LogP contribution in [0.2, 0.25) is 0 Å². The second-order valence-corrected chi connectivity index (χ2v) is 7.25. The van der Waals surface area contributed by atoms with Crippen molar-refractivity contribution >= 4 is 0 Å². The SMILES string of the molecule is CN(CCC1CCNCC1)C1CCOC2(CCOCC2)C1. The molecule has 0 saturated carbocycles. The molecule has 3 fully saturated rings. The molecule has 3 rings (SSSR count). The van der Waals surface area contributed by atoms with Crippen LogP contribution in [0.25, 0.3) is 0 Å². The molecule has 0 amide bonds. The van der Waals surface area contributed by atoms with Crippen LogP contribution in [0.15, 0.2) is 0 Å². The van der Waals surface area contributed by atoms with E-state index in [-0.39, 0.29) is 5.60 Å². The first-order valence-corrected chi connectivity index (χ1v) is 8.90. The predicted molar refractivity (Wildman–Crippen MR) is 84.6 cm³/mol. The molecular formula is C17H32N2O2. The minimum Gasteiger partial charge on any atom is -0.381 e. The van der Waals surface area contributed by atoms with Crippen molar-refractivity contribution in [3.63, 3.8) is 0 Å². The highest BCUT2D eigenvalue weighted by molar-refractivity contribution is 4.92. The Morgan fingerprint density at radius 2 is 1.86 bits per heavy atom. The van der Waals surface area contributed by atoms with Crippen LogP contribution >= 0.6 is 0 Å². The van der Waals surface area contributed by atoms with Gasteiger partial charge in [-0.25, -0.2) is 0 Å². The van der Waals surface area contributed by atoms with Crippen molar-refractivity contribution in [1.29, 1.82) is 0 Å². The van der Waals surface area contributed by atoms with Crippen LogP contribution in [0, 0.1) is 5.92 Å². The molecule has 4 nitrogen and oxygen atoms in total. The van der Waals surface area contributed by atoms with E-state index in [9.17, 15) is 0 Å². The molecule has 1 unspecified atom stereocenters. The van der Waals surface area contributed by atoms with Gasteiger partial charge < -0.3 is 19.7 Å². The molecule has 0 aromatic carbocycles. The van der Waals surface area contributed by atoms with Crippen LogP contribution in [-0.2, 0) is 9.47 Å². The van der Waals surface area contributed by atoms with Crippen molar-refractivity contribution in [3.05, 3.63) is 0 Å². The second kappa shape index (κ2) is 7.40. The van der Waals surface area contributed by atoms with Gasteiger partial charge in [0.25, 0.3) is 0 Å². The maximum absolute atomic E-state index is 6.17. The van der Waals surface area contributed by atoms with Gasteiger partial charge in [0.05, 0.1) is 5.60 Å². The Kier molecular flexibility index (Phi) is 5.54. The summed E-state index contributed by atoms with van der Waals surface area (Å²) in [5, 5.41) is 3.46. The molecule has 0 radical (unpaired) electrons. The number of nitrogens with one attached hydrogen (secondary N) is 1. The fourth-order valence-electron chi connectivity index (χ4n) is 4.21. The number of hydrogen-bond donors (Lipinski definition) is 1. The second-order valence-electron chi connectivity index (χ2n) is 7.25. The first-order chi connectivity index (χ1) is 10.3. The maximum atomic E-state index is 6.17. The lowest BCUT2D eigenvalue weighted by molar-refractivity contribution is -0.149. The molecule has 1 spiro atoms. The van der Waals surface area contributed by atoms with Gasteiger partial charge in [0.15, 0.2) is 0 Å². The number of rotatable bonds is 4. The Morgan fingerprint density at radius 3 is 2.62 bits per heavy atom. The van der Waals surface area contributed by atoms with Gasteiger partial charge in [-0.15, -0.1) is 0 Å². The van der Waals surface area contributed by atoms with Crippen molar-refractivity contribution in [1.82, 2.24) is 10.2 Å². The number of nitrogens with zero attached hydrogens (tertiary/aromatic N) is 1. The van der Waals surface area contributed by atoms with Crippen LogP contribution < -0.4 is 5.32 Å². The minimum absolute atomic E-state index is 0.129. The molecule has 0 aliphatic carbocycles. The van der Waals surface area contributed by atoms with Crippen molar-refractivity contribution in [2.75, 3.05) is 46.5 Å². The molecule has 122 valence electrons. The number of hydrogen-bond acceptors (Lipinski definition) is 4. The van der Waals surface area contributed by atoms with E-state index in [1.807, 2.05) is 0 Å². The molecule has 0 bridgehead atoms. The van der Waals surface area contributed by atoms with Crippen molar-refractivity contribution < 1.29 is 9.47 Å². The van der Waals surface area contributed by atoms with E-state index < -0.39 is 0 Å². The molecule has 0 aromatic heterocycles. The lowest BCUT2D eigenvalue weighted by Crippen LogP contribution is -2.50. The summed E-state index contributed by atoms with van der Waals surface area (Å²) in [6.45, 7) is 6.38. The highest BCUT2D eigenvalue weighted by Crippen LogP contribution is 2.35. The monoisotopic (exact) mass is 296 g/mol. The Bertz CT molecular complexity index is 306. The van der Waals surface area contributed by atoms with Gasteiger partial charge in [0.1, 0.15) is 0 Å². The standard InChI is InChI=1S/C17H32N2O2/c1-19(10-4-15-2-8-18-9-3-15)16-5-11-21-17(14-16)6-12-20-13-7-17/h15-16,18H,2-14H2,1H3. The Balaban J connectivity index is 1.46. The highest BCUT2D eigenvalue weighted by Gasteiger charge is 2.40. The summed E-state index contributed by atoms with van der Waals surface area (Å²) < 4.78 is 11.7. The van der Waals surface area contributed by atoms with Crippen LogP contribution in [0.4, 0.5) is 0 Å². The normalized spacial score (nSPS) is 30.9. The van der Waals surface area contributed by atoms with Crippen molar-refractivity contribution in [2.24, 2.45) is 5.92 Å². The lowest BCUT2D eigenvalue weighted by atomic mass is 9.83. The molecule has 3 aliphatic rings. The third-order valence-corrected chi connectivity index (χ3v) is 5.84. The smallest absolute Gasteiger partial charge is 0.0741 e. The fraction of sp³-hybridized carbons (Fsp3) is 1.00. The lowest BCUT2D eigenvalue weighted by Gasteiger charge is -2.45. The Labute approximate surface area is 129 Å². The maximum Gasteiger partial charge on any atom is 0.0741 e. The van der Waals surface area contributed by atoms with E-state index >= 15 is 0 Å². The van der Waals surface area contributed by atoms with E-state index in [4.69, 9.17) is 9.47 Å². The van der Waals surface area contributed by atoms with E-state index in [0.29, 0.717) is 6.04 Å². The summed E-state index contributed by atoms with van der Waals surface area (Å²) in [6, 6.07) is 0.707. The summed E-state index contributed by atoms with van der Waals surface area (Å²) >= 11 is 0. The van der Waals surface area contributed by atoms with Gasteiger partial charge in [-0.05, 0) is 77.5 Å². The average Bonchev–Trinajstić information content (AvgIpc) is 2.54. The summed E-state index contributed by atoms with van der Waals surface area (Å²) in [7, 11) is 2.32. The van der Waals surface area contributed by atoms with Gasteiger partial charge in [-0.1, -0.05) is 0 Å². The topological polar surface area (TPSA) is 33.7 Å². The fourth-order valence-corrected chi connectivity index (χ4v) is 4.21. The number of ether oxygens (including phenoxy) is 2. The zero-order valence-electron chi connectivity index (χ0n) is 13.6. The molecule has 0 aromatic rings. The first-order valence-electron chi connectivity index (χ1n) is 8.90. The minimum atomic E-state index is 0.129. The van der Waals surface area contributed by atoms with Gasteiger partial charge in [0.2, 0.25) is 0 Å². The van der Waals surface area contributed by atoms with E-state index in [1.54, 1.807) is 0 Å². The molecule has 1 N–H and O–H groups in total. The quantitative estimate of drug-likeness (QED) is 0.861. The summed E-state index contributed by atoms with van der Waals surface area (Å²) in [5.74, 6) is 0.936. The van der Waals surface area contributed by atoms with Gasteiger partial charge in [-0.2, -0.15) is 0 Å². The zero-order valence-corrected chi connectivity index (χ0v) is 13.6. The summed E-state index contributed by atoms with van der Waals surface area (Å²) in [5.41, 5.74) is 0.129. The molecule has 3 saturated heterocycles. The molecule has 3 heterocycles. The van der Waals surface area contributed by atoms with E-state index in [1.165, 1.54) is 51.7 Å². The molecule has 1 atom stereocenters. The number of piperidine rings is 1. The van der Waals surface area contributed by atoms with Crippen molar-refractivity contribution in [2.45, 2.75) is 56.6 Å². The van der Waals surface area contributed by atoms with Gasteiger partial charge >= 0.3 is 0 Å². The van der Waals surface area contributed by atoms with Crippen molar-refractivity contribution in [3.8, 4) is 0 Å². The van der Waals surface area contributed by atoms with Gasteiger partial charge in [-0.3, -0.25) is 0 Å².